The van der Waals surface area contributed by atoms with Crippen LogP contribution in [0.25, 0.3) is 0 Å². The molecule has 0 aliphatic rings. The molecule has 2 heteroatoms. The SMILES string of the molecule is CCCCCCCCCCCCCCCCCCCCCC(=O)CCCNC. The van der Waals surface area contributed by atoms with Crippen molar-refractivity contribution in [1.82, 2.24) is 5.32 Å². The van der Waals surface area contributed by atoms with Crippen molar-refractivity contribution in [3.63, 3.8) is 0 Å². The Morgan fingerprint density at radius 1 is 0.500 bits per heavy atom. The van der Waals surface area contributed by atoms with Gasteiger partial charge in [0.1, 0.15) is 5.78 Å². The van der Waals surface area contributed by atoms with Gasteiger partial charge in [-0.2, -0.15) is 0 Å². The summed E-state index contributed by atoms with van der Waals surface area (Å²) in [6.45, 7) is 3.26. The number of Topliss-reactive ketones (excluding diaryl/α,β-unsaturated/α-hetero) is 1. The van der Waals surface area contributed by atoms with E-state index in [1.54, 1.807) is 0 Å². The van der Waals surface area contributed by atoms with Gasteiger partial charge in [0.2, 0.25) is 0 Å². The lowest BCUT2D eigenvalue weighted by Gasteiger charge is -2.04. The van der Waals surface area contributed by atoms with Crippen molar-refractivity contribution < 1.29 is 4.79 Å². The minimum atomic E-state index is 0.460. The van der Waals surface area contributed by atoms with Crippen LogP contribution in [0.4, 0.5) is 0 Å². The van der Waals surface area contributed by atoms with Crippen LogP contribution in [0.15, 0.2) is 0 Å². The molecule has 0 aromatic rings. The molecule has 0 amide bonds. The van der Waals surface area contributed by atoms with E-state index in [2.05, 4.69) is 12.2 Å². The first-order valence-electron chi connectivity index (χ1n) is 13.0. The van der Waals surface area contributed by atoms with Gasteiger partial charge in [0.05, 0.1) is 0 Å². The van der Waals surface area contributed by atoms with Crippen molar-refractivity contribution in [2.45, 2.75) is 148 Å². The average molecular weight is 396 g/mol. The molecule has 2 nitrogen and oxygen atoms in total. The second-order valence-electron chi connectivity index (χ2n) is 8.86. The lowest BCUT2D eigenvalue weighted by molar-refractivity contribution is -0.119. The van der Waals surface area contributed by atoms with Crippen LogP contribution in [0.1, 0.15) is 148 Å². The van der Waals surface area contributed by atoms with Gasteiger partial charge < -0.3 is 5.32 Å². The molecule has 0 atom stereocenters. The van der Waals surface area contributed by atoms with Gasteiger partial charge >= 0.3 is 0 Å². The Kier molecular flexibility index (Phi) is 24.3. The number of unbranched alkanes of at least 4 members (excludes halogenated alkanes) is 18. The van der Waals surface area contributed by atoms with Crippen molar-refractivity contribution in [1.29, 1.82) is 0 Å². The van der Waals surface area contributed by atoms with Crippen LogP contribution in [0, 0.1) is 0 Å². The number of carbonyl (C=O) groups excluding carboxylic acids is 1. The third-order valence-electron chi connectivity index (χ3n) is 5.94. The van der Waals surface area contributed by atoms with Crippen molar-refractivity contribution >= 4 is 5.78 Å². The molecule has 0 unspecified atom stereocenters. The standard InChI is InChI=1S/C26H53NO/c1-3-4-5-6-7-8-9-10-11-12-13-14-15-16-17-18-19-20-21-23-26(28)24-22-25-27-2/h27H,3-25H2,1-2H3. The molecule has 0 saturated carbocycles. The Morgan fingerprint density at radius 3 is 1.18 bits per heavy atom. The quantitative estimate of drug-likeness (QED) is 0.166. The summed E-state index contributed by atoms with van der Waals surface area (Å²) in [6, 6.07) is 0. The number of hydrogen-bond donors (Lipinski definition) is 1. The fourth-order valence-corrected chi connectivity index (χ4v) is 3.99. The Labute approximate surface area is 178 Å². The molecule has 0 fully saturated rings. The molecule has 0 bridgehead atoms. The van der Waals surface area contributed by atoms with Crippen molar-refractivity contribution in [3.8, 4) is 0 Å². The van der Waals surface area contributed by atoms with E-state index in [1.165, 1.54) is 116 Å². The molecule has 0 aromatic carbocycles. The van der Waals surface area contributed by atoms with Gasteiger partial charge in [0.25, 0.3) is 0 Å². The summed E-state index contributed by atoms with van der Waals surface area (Å²) in [4.78, 5) is 11.7. The van der Waals surface area contributed by atoms with Crippen LogP contribution in [0.3, 0.4) is 0 Å². The van der Waals surface area contributed by atoms with Gasteiger partial charge in [-0.3, -0.25) is 4.79 Å². The van der Waals surface area contributed by atoms with E-state index in [9.17, 15) is 4.79 Å². The van der Waals surface area contributed by atoms with Gasteiger partial charge in [0.15, 0.2) is 0 Å². The highest BCUT2D eigenvalue weighted by molar-refractivity contribution is 5.78. The lowest BCUT2D eigenvalue weighted by atomic mass is 10.0. The van der Waals surface area contributed by atoms with E-state index in [4.69, 9.17) is 0 Å². The monoisotopic (exact) mass is 395 g/mol. The molecular weight excluding hydrogens is 342 g/mol. The molecule has 0 aromatic heterocycles. The molecule has 0 aliphatic carbocycles. The Bertz CT molecular complexity index is 303. The minimum absolute atomic E-state index is 0.460. The number of rotatable bonds is 24. The first kappa shape index (κ1) is 27.6. The third kappa shape index (κ3) is 23.7. The van der Waals surface area contributed by atoms with Crippen molar-refractivity contribution in [3.05, 3.63) is 0 Å². The minimum Gasteiger partial charge on any atom is -0.320 e. The molecular formula is C26H53NO. The lowest BCUT2D eigenvalue weighted by Crippen LogP contribution is -2.09. The highest BCUT2D eigenvalue weighted by Gasteiger charge is 2.01. The molecule has 1 N–H and O–H groups in total. The maximum Gasteiger partial charge on any atom is 0.132 e. The fraction of sp³-hybridized carbons (Fsp3) is 0.962. The van der Waals surface area contributed by atoms with E-state index in [0.29, 0.717) is 5.78 Å². The summed E-state index contributed by atoms with van der Waals surface area (Å²) in [5.41, 5.74) is 0. The predicted molar refractivity (Wildman–Crippen MR) is 126 cm³/mol. The summed E-state index contributed by atoms with van der Waals surface area (Å²) in [5, 5.41) is 3.10. The normalized spacial score (nSPS) is 11.2. The molecule has 0 saturated heterocycles. The summed E-state index contributed by atoms with van der Waals surface area (Å²) in [7, 11) is 1.95. The van der Waals surface area contributed by atoms with Crippen LogP contribution in [0.5, 0.6) is 0 Å². The first-order chi connectivity index (χ1) is 13.8. The number of ketones is 1. The zero-order valence-corrected chi connectivity index (χ0v) is 19.7. The molecule has 0 radical (unpaired) electrons. The molecule has 0 heterocycles. The van der Waals surface area contributed by atoms with E-state index in [0.717, 1.165) is 32.2 Å². The summed E-state index contributed by atoms with van der Waals surface area (Å²) < 4.78 is 0. The van der Waals surface area contributed by atoms with Gasteiger partial charge in [-0.25, -0.2) is 0 Å². The van der Waals surface area contributed by atoms with Gasteiger partial charge in [-0.1, -0.05) is 122 Å². The van der Waals surface area contributed by atoms with E-state index in [-0.39, 0.29) is 0 Å². The topological polar surface area (TPSA) is 29.1 Å². The van der Waals surface area contributed by atoms with E-state index in [1.807, 2.05) is 7.05 Å². The van der Waals surface area contributed by atoms with E-state index >= 15 is 0 Å². The zero-order valence-electron chi connectivity index (χ0n) is 19.7. The summed E-state index contributed by atoms with van der Waals surface area (Å²) >= 11 is 0. The van der Waals surface area contributed by atoms with Crippen molar-refractivity contribution in [2.24, 2.45) is 0 Å². The van der Waals surface area contributed by atoms with Crippen LogP contribution < -0.4 is 5.32 Å². The maximum absolute atomic E-state index is 11.7. The van der Waals surface area contributed by atoms with Crippen molar-refractivity contribution in [2.75, 3.05) is 13.6 Å². The van der Waals surface area contributed by atoms with Crippen LogP contribution in [0.2, 0.25) is 0 Å². The number of nitrogens with one attached hydrogen (secondary N) is 1. The summed E-state index contributed by atoms with van der Waals surface area (Å²) in [6.07, 6.45) is 29.2. The van der Waals surface area contributed by atoms with E-state index < -0.39 is 0 Å². The Hall–Kier alpha value is -0.370. The Balaban J connectivity index is 3.06. The van der Waals surface area contributed by atoms with Crippen LogP contribution in [-0.2, 0) is 4.79 Å². The maximum atomic E-state index is 11.7. The first-order valence-corrected chi connectivity index (χ1v) is 13.0. The number of hydrogen-bond acceptors (Lipinski definition) is 2. The number of carbonyl (C=O) groups is 1. The van der Waals surface area contributed by atoms with Crippen LogP contribution in [-0.4, -0.2) is 19.4 Å². The second kappa shape index (κ2) is 24.7. The highest BCUT2D eigenvalue weighted by atomic mass is 16.1. The Morgan fingerprint density at radius 2 is 0.821 bits per heavy atom. The smallest absolute Gasteiger partial charge is 0.132 e. The summed E-state index contributed by atoms with van der Waals surface area (Å²) in [5.74, 6) is 0.460. The van der Waals surface area contributed by atoms with Gasteiger partial charge in [-0.15, -0.1) is 0 Å². The predicted octanol–water partition coefficient (Wildman–Crippen LogP) is 8.38. The average Bonchev–Trinajstić information content (AvgIpc) is 2.70. The molecule has 0 rings (SSSR count). The van der Waals surface area contributed by atoms with Gasteiger partial charge in [-0.05, 0) is 26.4 Å². The van der Waals surface area contributed by atoms with Crippen LogP contribution >= 0.6 is 0 Å². The largest absolute Gasteiger partial charge is 0.320 e. The third-order valence-corrected chi connectivity index (χ3v) is 5.94. The molecule has 0 spiro atoms. The molecule has 28 heavy (non-hydrogen) atoms. The zero-order chi connectivity index (χ0) is 20.5. The fourth-order valence-electron chi connectivity index (χ4n) is 3.99. The highest BCUT2D eigenvalue weighted by Crippen LogP contribution is 2.15. The molecule has 168 valence electrons. The molecule has 0 aliphatic heterocycles. The second-order valence-corrected chi connectivity index (χ2v) is 8.86. The van der Waals surface area contributed by atoms with Gasteiger partial charge in [0, 0.05) is 12.8 Å².